The summed E-state index contributed by atoms with van der Waals surface area (Å²) in [6, 6.07) is 8.71. The molecule has 1 aliphatic heterocycles. The molecule has 3 N–H and O–H groups in total. The summed E-state index contributed by atoms with van der Waals surface area (Å²) in [6.45, 7) is 5.17. The van der Waals surface area contributed by atoms with Crippen molar-refractivity contribution in [2.45, 2.75) is 12.8 Å². The Morgan fingerprint density at radius 1 is 1.19 bits per heavy atom. The first kappa shape index (κ1) is 11.4. The molecule has 0 unspecified atom stereocenters. The van der Waals surface area contributed by atoms with Gasteiger partial charge in [0, 0.05) is 31.9 Å². The van der Waals surface area contributed by atoms with Crippen LogP contribution in [0.25, 0.3) is 0 Å². The van der Waals surface area contributed by atoms with Gasteiger partial charge in [-0.15, -0.1) is 0 Å². The number of hydrogen-bond donors (Lipinski definition) is 2. The maximum absolute atomic E-state index is 5.58. The number of hydrogen-bond acceptors (Lipinski definition) is 3. The van der Waals surface area contributed by atoms with Gasteiger partial charge in [0.05, 0.1) is 0 Å². The van der Waals surface area contributed by atoms with Crippen molar-refractivity contribution in [1.82, 2.24) is 5.32 Å². The Balaban J connectivity index is 2.11. The predicted octanol–water partition coefficient (Wildman–Crippen LogP) is 0.987. The van der Waals surface area contributed by atoms with Crippen molar-refractivity contribution < 1.29 is 0 Å². The number of para-hydroxylation sites is 1. The van der Waals surface area contributed by atoms with Crippen LogP contribution >= 0.6 is 0 Å². The number of piperazine rings is 1. The molecule has 1 saturated heterocycles. The van der Waals surface area contributed by atoms with Gasteiger partial charge in [-0.25, -0.2) is 0 Å². The maximum atomic E-state index is 5.58. The quantitative estimate of drug-likeness (QED) is 0.793. The number of aryl methyl sites for hydroxylation is 1. The predicted molar refractivity (Wildman–Crippen MR) is 68.9 cm³/mol. The van der Waals surface area contributed by atoms with E-state index in [0.717, 1.165) is 45.6 Å². The molecule has 0 radical (unpaired) electrons. The van der Waals surface area contributed by atoms with E-state index < -0.39 is 0 Å². The Bertz CT molecular complexity index is 319. The van der Waals surface area contributed by atoms with Crippen molar-refractivity contribution in [2.75, 3.05) is 37.6 Å². The van der Waals surface area contributed by atoms with Crippen LogP contribution in [0, 0.1) is 0 Å². The molecule has 0 aromatic heterocycles. The molecule has 0 atom stereocenters. The molecule has 1 heterocycles. The van der Waals surface area contributed by atoms with Gasteiger partial charge in [-0.05, 0) is 31.0 Å². The molecule has 0 amide bonds. The van der Waals surface area contributed by atoms with Crippen LogP contribution in [-0.4, -0.2) is 32.7 Å². The zero-order chi connectivity index (χ0) is 11.2. The lowest BCUT2D eigenvalue weighted by Gasteiger charge is -2.31. The van der Waals surface area contributed by atoms with E-state index in [9.17, 15) is 0 Å². The average molecular weight is 219 g/mol. The van der Waals surface area contributed by atoms with Crippen molar-refractivity contribution in [3.05, 3.63) is 29.8 Å². The largest absolute Gasteiger partial charge is 0.369 e. The first-order chi connectivity index (χ1) is 7.92. The van der Waals surface area contributed by atoms with E-state index in [1.165, 1.54) is 11.3 Å². The summed E-state index contributed by atoms with van der Waals surface area (Å²) in [6.07, 6.45) is 2.17. The van der Waals surface area contributed by atoms with Crippen molar-refractivity contribution in [3.8, 4) is 0 Å². The molecule has 3 nitrogen and oxygen atoms in total. The highest BCUT2D eigenvalue weighted by atomic mass is 15.2. The number of nitrogens with two attached hydrogens (primary N) is 1. The second-order valence-corrected chi connectivity index (χ2v) is 4.26. The van der Waals surface area contributed by atoms with Crippen LogP contribution in [0.5, 0.6) is 0 Å². The van der Waals surface area contributed by atoms with Gasteiger partial charge in [-0.2, -0.15) is 0 Å². The van der Waals surface area contributed by atoms with Crippen LogP contribution in [0.15, 0.2) is 24.3 Å². The normalized spacial score (nSPS) is 16.4. The second-order valence-electron chi connectivity index (χ2n) is 4.26. The number of anilines is 1. The Hall–Kier alpha value is -1.06. The lowest BCUT2D eigenvalue weighted by molar-refractivity contribution is 0.587. The topological polar surface area (TPSA) is 41.3 Å². The minimum Gasteiger partial charge on any atom is -0.369 e. The molecule has 0 spiro atoms. The second kappa shape index (κ2) is 5.87. The van der Waals surface area contributed by atoms with Crippen LogP contribution in [0.4, 0.5) is 5.69 Å². The van der Waals surface area contributed by atoms with Crippen molar-refractivity contribution in [2.24, 2.45) is 5.73 Å². The standard InChI is InChI=1S/C13H21N3/c14-7-3-5-12-4-1-2-6-13(12)16-10-8-15-9-11-16/h1-2,4,6,15H,3,5,7-11,14H2. The van der Waals surface area contributed by atoms with E-state index in [2.05, 4.69) is 34.5 Å². The minimum atomic E-state index is 0.774. The third-order valence-electron chi connectivity index (χ3n) is 3.10. The first-order valence-electron chi connectivity index (χ1n) is 6.15. The summed E-state index contributed by atoms with van der Waals surface area (Å²) in [5.74, 6) is 0. The molecule has 1 aromatic carbocycles. The van der Waals surface area contributed by atoms with E-state index in [4.69, 9.17) is 5.73 Å². The molecule has 2 rings (SSSR count). The van der Waals surface area contributed by atoms with Gasteiger partial charge in [-0.1, -0.05) is 18.2 Å². The van der Waals surface area contributed by atoms with Crippen molar-refractivity contribution in [3.63, 3.8) is 0 Å². The third-order valence-corrected chi connectivity index (χ3v) is 3.10. The Morgan fingerprint density at radius 3 is 2.69 bits per heavy atom. The van der Waals surface area contributed by atoms with Crippen LogP contribution in [0.3, 0.4) is 0 Å². The third kappa shape index (κ3) is 2.74. The summed E-state index contributed by atoms with van der Waals surface area (Å²) in [7, 11) is 0. The monoisotopic (exact) mass is 219 g/mol. The van der Waals surface area contributed by atoms with Crippen LogP contribution in [0.1, 0.15) is 12.0 Å². The minimum absolute atomic E-state index is 0.774. The van der Waals surface area contributed by atoms with Gasteiger partial charge in [0.15, 0.2) is 0 Å². The van der Waals surface area contributed by atoms with Gasteiger partial charge < -0.3 is 16.0 Å². The number of rotatable bonds is 4. The van der Waals surface area contributed by atoms with E-state index in [0.29, 0.717) is 0 Å². The molecular weight excluding hydrogens is 198 g/mol. The summed E-state index contributed by atoms with van der Waals surface area (Å²) >= 11 is 0. The molecule has 1 aliphatic rings. The molecule has 0 aliphatic carbocycles. The fourth-order valence-electron chi connectivity index (χ4n) is 2.23. The lowest BCUT2D eigenvalue weighted by atomic mass is 10.1. The number of nitrogens with one attached hydrogen (secondary N) is 1. The molecule has 1 fully saturated rings. The molecule has 1 aromatic rings. The van der Waals surface area contributed by atoms with Gasteiger partial charge >= 0.3 is 0 Å². The summed E-state index contributed by atoms with van der Waals surface area (Å²) < 4.78 is 0. The first-order valence-corrected chi connectivity index (χ1v) is 6.15. The Morgan fingerprint density at radius 2 is 1.94 bits per heavy atom. The van der Waals surface area contributed by atoms with E-state index >= 15 is 0 Å². The molecule has 88 valence electrons. The average Bonchev–Trinajstić information content (AvgIpc) is 2.38. The fourth-order valence-corrected chi connectivity index (χ4v) is 2.23. The maximum Gasteiger partial charge on any atom is 0.0399 e. The Labute approximate surface area is 97.6 Å². The zero-order valence-corrected chi connectivity index (χ0v) is 9.78. The highest BCUT2D eigenvalue weighted by Crippen LogP contribution is 2.21. The highest BCUT2D eigenvalue weighted by Gasteiger charge is 2.12. The van der Waals surface area contributed by atoms with E-state index in [1.54, 1.807) is 0 Å². The Kier molecular flexibility index (Phi) is 4.19. The molecule has 0 saturated carbocycles. The van der Waals surface area contributed by atoms with E-state index in [1.807, 2.05) is 0 Å². The van der Waals surface area contributed by atoms with Gasteiger partial charge in [0.25, 0.3) is 0 Å². The molecular formula is C13H21N3. The van der Waals surface area contributed by atoms with E-state index in [-0.39, 0.29) is 0 Å². The van der Waals surface area contributed by atoms with Gasteiger partial charge in [-0.3, -0.25) is 0 Å². The highest BCUT2D eigenvalue weighted by molar-refractivity contribution is 5.54. The molecule has 0 bridgehead atoms. The van der Waals surface area contributed by atoms with Gasteiger partial charge in [0.2, 0.25) is 0 Å². The van der Waals surface area contributed by atoms with Crippen molar-refractivity contribution in [1.29, 1.82) is 0 Å². The fraction of sp³-hybridized carbons (Fsp3) is 0.538. The van der Waals surface area contributed by atoms with Crippen LogP contribution in [-0.2, 0) is 6.42 Å². The van der Waals surface area contributed by atoms with Crippen molar-refractivity contribution >= 4 is 5.69 Å². The van der Waals surface area contributed by atoms with Crippen LogP contribution in [0.2, 0.25) is 0 Å². The SMILES string of the molecule is NCCCc1ccccc1N1CCNCC1. The lowest BCUT2D eigenvalue weighted by Crippen LogP contribution is -2.43. The number of nitrogens with zero attached hydrogens (tertiary/aromatic N) is 1. The summed E-state index contributed by atoms with van der Waals surface area (Å²) in [4.78, 5) is 2.47. The molecule has 3 heteroatoms. The van der Waals surface area contributed by atoms with Gasteiger partial charge in [0.1, 0.15) is 0 Å². The van der Waals surface area contributed by atoms with Crippen LogP contribution < -0.4 is 16.0 Å². The molecule has 16 heavy (non-hydrogen) atoms. The smallest absolute Gasteiger partial charge is 0.0399 e. The summed E-state index contributed by atoms with van der Waals surface area (Å²) in [5.41, 5.74) is 8.42. The number of benzene rings is 1. The summed E-state index contributed by atoms with van der Waals surface area (Å²) in [5, 5.41) is 3.39. The zero-order valence-electron chi connectivity index (χ0n) is 9.78.